The second-order valence-corrected chi connectivity index (χ2v) is 3.64. The first-order valence-corrected chi connectivity index (χ1v) is 4.90. The molecule has 13 heavy (non-hydrogen) atoms. The van der Waals surface area contributed by atoms with Gasteiger partial charge in [0.1, 0.15) is 0 Å². The highest BCUT2D eigenvalue weighted by molar-refractivity contribution is 6.40. The molecule has 0 unspecified atom stereocenters. The second-order valence-electron chi connectivity index (χ2n) is 2.59. The Hall–Kier alpha value is -0.240. The van der Waals surface area contributed by atoms with Gasteiger partial charge in [-0.15, -0.1) is 11.6 Å². The van der Waals surface area contributed by atoms with Crippen LogP contribution in [0, 0.1) is 6.92 Å². The Bertz CT molecular complexity index is 347. The smallest absolute Gasteiger partial charge is 0.179 e. The van der Waals surface area contributed by atoms with Crippen LogP contribution in [-0.2, 0) is 0 Å². The van der Waals surface area contributed by atoms with Crippen LogP contribution >= 0.6 is 34.8 Å². The Kier molecular flexibility index (Phi) is 3.60. The molecule has 70 valence electrons. The van der Waals surface area contributed by atoms with Crippen LogP contribution in [0.5, 0.6) is 0 Å². The summed E-state index contributed by atoms with van der Waals surface area (Å²) in [6.07, 6.45) is 0. The van der Waals surface area contributed by atoms with Gasteiger partial charge in [0.25, 0.3) is 0 Å². The molecule has 0 atom stereocenters. The lowest BCUT2D eigenvalue weighted by Gasteiger charge is -2.05. The van der Waals surface area contributed by atoms with Crippen LogP contribution in [0.4, 0.5) is 0 Å². The van der Waals surface area contributed by atoms with Gasteiger partial charge >= 0.3 is 0 Å². The van der Waals surface area contributed by atoms with Gasteiger partial charge in [0.2, 0.25) is 0 Å². The van der Waals surface area contributed by atoms with E-state index in [-0.39, 0.29) is 11.7 Å². The molecule has 0 saturated carbocycles. The summed E-state index contributed by atoms with van der Waals surface area (Å²) in [6, 6.07) is 3.23. The lowest BCUT2D eigenvalue weighted by molar-refractivity contribution is 0.102. The number of hydrogen-bond acceptors (Lipinski definition) is 1. The summed E-state index contributed by atoms with van der Waals surface area (Å²) in [5.74, 6) is -0.257. The van der Waals surface area contributed by atoms with Gasteiger partial charge in [-0.1, -0.05) is 23.2 Å². The van der Waals surface area contributed by atoms with Gasteiger partial charge in [-0.25, -0.2) is 0 Å². The number of halogens is 3. The third-order valence-electron chi connectivity index (χ3n) is 1.74. The van der Waals surface area contributed by atoms with Crippen molar-refractivity contribution in [3.05, 3.63) is 33.3 Å². The predicted octanol–water partition coefficient (Wildman–Crippen LogP) is 3.72. The molecule has 0 bridgehead atoms. The Morgan fingerprint density at radius 3 is 2.54 bits per heavy atom. The predicted molar refractivity (Wildman–Crippen MR) is 56.2 cm³/mol. The van der Waals surface area contributed by atoms with E-state index in [2.05, 4.69) is 0 Å². The highest BCUT2D eigenvalue weighted by atomic mass is 35.5. The SMILES string of the molecule is Cc1c(Cl)ccc(C(=O)CCl)c1Cl. The van der Waals surface area contributed by atoms with Crippen LogP contribution in [0.2, 0.25) is 10.0 Å². The van der Waals surface area contributed by atoms with Crippen LogP contribution in [-0.4, -0.2) is 11.7 Å². The molecule has 0 spiro atoms. The van der Waals surface area contributed by atoms with Crippen LogP contribution in [0.15, 0.2) is 12.1 Å². The van der Waals surface area contributed by atoms with Gasteiger partial charge in [-0.3, -0.25) is 4.79 Å². The highest BCUT2D eigenvalue weighted by Crippen LogP contribution is 2.27. The third-order valence-corrected chi connectivity index (χ3v) is 2.88. The van der Waals surface area contributed by atoms with Crippen molar-refractivity contribution in [2.24, 2.45) is 0 Å². The van der Waals surface area contributed by atoms with Crippen molar-refractivity contribution >= 4 is 40.6 Å². The molecule has 0 fully saturated rings. The summed E-state index contributed by atoms with van der Waals surface area (Å²) in [5.41, 5.74) is 1.14. The molecule has 1 rings (SSSR count). The van der Waals surface area contributed by atoms with E-state index in [4.69, 9.17) is 34.8 Å². The average molecular weight is 238 g/mol. The van der Waals surface area contributed by atoms with Crippen molar-refractivity contribution in [2.45, 2.75) is 6.92 Å². The maximum Gasteiger partial charge on any atom is 0.179 e. The van der Waals surface area contributed by atoms with E-state index in [9.17, 15) is 4.79 Å². The zero-order valence-corrected chi connectivity index (χ0v) is 9.17. The Morgan fingerprint density at radius 1 is 1.38 bits per heavy atom. The van der Waals surface area contributed by atoms with Crippen molar-refractivity contribution < 1.29 is 4.79 Å². The highest BCUT2D eigenvalue weighted by Gasteiger charge is 2.12. The fourth-order valence-corrected chi connectivity index (χ4v) is 1.57. The fraction of sp³-hybridized carbons (Fsp3) is 0.222. The van der Waals surface area contributed by atoms with Gasteiger partial charge in [0, 0.05) is 10.6 Å². The van der Waals surface area contributed by atoms with Crippen molar-refractivity contribution in [3.63, 3.8) is 0 Å². The monoisotopic (exact) mass is 236 g/mol. The standard InChI is InChI=1S/C9H7Cl3O/c1-5-7(11)3-2-6(9(5)12)8(13)4-10/h2-3H,4H2,1H3. The van der Waals surface area contributed by atoms with E-state index in [1.54, 1.807) is 19.1 Å². The Morgan fingerprint density at radius 2 is 2.00 bits per heavy atom. The number of hydrogen-bond donors (Lipinski definition) is 0. The number of alkyl halides is 1. The molecule has 0 heterocycles. The quantitative estimate of drug-likeness (QED) is 0.566. The minimum Gasteiger partial charge on any atom is -0.293 e. The van der Waals surface area contributed by atoms with E-state index in [0.717, 1.165) is 0 Å². The second kappa shape index (κ2) is 4.32. The third kappa shape index (κ3) is 2.16. The van der Waals surface area contributed by atoms with Gasteiger partial charge in [0.15, 0.2) is 5.78 Å². The maximum atomic E-state index is 11.2. The molecule has 1 aromatic rings. The molecule has 0 N–H and O–H groups in total. The summed E-state index contributed by atoms with van der Waals surface area (Å²) in [4.78, 5) is 11.2. The minimum absolute atomic E-state index is 0.0687. The first-order valence-electron chi connectivity index (χ1n) is 3.61. The van der Waals surface area contributed by atoms with E-state index >= 15 is 0 Å². The summed E-state index contributed by atoms with van der Waals surface area (Å²) in [5, 5.41) is 0.939. The fourth-order valence-electron chi connectivity index (χ4n) is 0.949. The zero-order chi connectivity index (χ0) is 10.0. The van der Waals surface area contributed by atoms with E-state index in [1.807, 2.05) is 0 Å². The lowest BCUT2D eigenvalue weighted by atomic mass is 10.1. The van der Waals surface area contributed by atoms with Gasteiger partial charge in [-0.05, 0) is 24.6 Å². The van der Waals surface area contributed by atoms with Crippen molar-refractivity contribution in [1.29, 1.82) is 0 Å². The largest absolute Gasteiger partial charge is 0.293 e. The van der Waals surface area contributed by atoms with Crippen LogP contribution in [0.1, 0.15) is 15.9 Å². The summed E-state index contributed by atoms with van der Waals surface area (Å²) in [7, 11) is 0. The number of rotatable bonds is 2. The molecule has 0 aliphatic heterocycles. The van der Waals surface area contributed by atoms with Gasteiger partial charge < -0.3 is 0 Å². The molecular weight excluding hydrogens is 230 g/mol. The molecule has 1 nitrogen and oxygen atoms in total. The maximum absolute atomic E-state index is 11.2. The summed E-state index contributed by atoms with van der Waals surface area (Å²) >= 11 is 17.1. The van der Waals surface area contributed by atoms with Crippen molar-refractivity contribution in [1.82, 2.24) is 0 Å². The van der Waals surface area contributed by atoms with Crippen molar-refractivity contribution in [2.75, 3.05) is 5.88 Å². The molecule has 0 radical (unpaired) electrons. The summed E-state index contributed by atoms with van der Waals surface area (Å²) in [6.45, 7) is 1.76. The van der Waals surface area contributed by atoms with E-state index < -0.39 is 0 Å². The first kappa shape index (κ1) is 10.8. The van der Waals surface area contributed by atoms with Crippen molar-refractivity contribution in [3.8, 4) is 0 Å². The molecular formula is C9H7Cl3O. The Balaban J connectivity index is 3.26. The van der Waals surface area contributed by atoms with E-state index in [1.165, 1.54) is 0 Å². The van der Waals surface area contributed by atoms with Crippen LogP contribution in [0.3, 0.4) is 0 Å². The number of Topliss-reactive ketones (excluding diaryl/α,β-unsaturated/α-hetero) is 1. The lowest BCUT2D eigenvalue weighted by Crippen LogP contribution is -2.02. The topological polar surface area (TPSA) is 17.1 Å². The molecule has 4 heteroatoms. The number of benzene rings is 1. The van der Waals surface area contributed by atoms with E-state index in [0.29, 0.717) is 21.2 Å². The Labute approximate surface area is 91.6 Å². The number of carbonyl (C=O) groups is 1. The van der Waals surface area contributed by atoms with Gasteiger partial charge in [-0.2, -0.15) is 0 Å². The summed E-state index contributed by atoms with van der Waals surface area (Å²) < 4.78 is 0. The molecule has 0 aromatic heterocycles. The molecule has 0 aliphatic carbocycles. The average Bonchev–Trinajstić information content (AvgIpc) is 2.13. The molecule has 0 amide bonds. The number of carbonyl (C=O) groups excluding carboxylic acids is 1. The zero-order valence-electron chi connectivity index (χ0n) is 6.90. The first-order chi connectivity index (χ1) is 6.07. The number of ketones is 1. The van der Waals surface area contributed by atoms with Crippen LogP contribution < -0.4 is 0 Å². The van der Waals surface area contributed by atoms with Gasteiger partial charge in [0.05, 0.1) is 10.9 Å². The molecule has 1 aromatic carbocycles. The normalized spacial score (nSPS) is 10.2. The molecule has 0 aliphatic rings. The minimum atomic E-state index is -0.188. The van der Waals surface area contributed by atoms with Crippen LogP contribution in [0.25, 0.3) is 0 Å². The molecule has 0 saturated heterocycles.